The number of nitrogens with one attached hydrogen (secondary N) is 1. The summed E-state index contributed by atoms with van der Waals surface area (Å²) in [5.74, 6) is 5.91. The molecule has 0 unspecified atom stereocenters. The van der Waals surface area contributed by atoms with Gasteiger partial charge in [0.2, 0.25) is 12.5 Å². The van der Waals surface area contributed by atoms with E-state index in [0.29, 0.717) is 78.3 Å². The minimum atomic E-state index is -0.716. The highest BCUT2D eigenvalue weighted by Crippen LogP contribution is 2.50. The number of esters is 2. The summed E-state index contributed by atoms with van der Waals surface area (Å²) >= 11 is 0. The highest BCUT2D eigenvalue weighted by Gasteiger charge is 2.48. The molecule has 5 saturated carbocycles. The van der Waals surface area contributed by atoms with Crippen molar-refractivity contribution in [2.24, 2.45) is 81.2 Å². The Labute approximate surface area is 391 Å². The van der Waals surface area contributed by atoms with Crippen LogP contribution in [0.4, 0.5) is 0 Å². The molecule has 1 amide bonds. The van der Waals surface area contributed by atoms with Crippen molar-refractivity contribution in [3.63, 3.8) is 0 Å². The Morgan fingerprint density at radius 1 is 0.703 bits per heavy atom. The van der Waals surface area contributed by atoms with E-state index in [-0.39, 0.29) is 60.0 Å². The third kappa shape index (κ3) is 19.0. The number of carboxylic acids is 1. The van der Waals surface area contributed by atoms with Crippen LogP contribution < -0.4 is 11.1 Å². The minimum absolute atomic E-state index is 0. The molecule has 4 N–H and O–H groups in total. The molecule has 1 saturated heterocycles. The average Bonchev–Trinajstić information content (AvgIpc) is 3.97. The molecule has 1 spiro atoms. The number of hydrogen-bond donors (Lipinski definition) is 3. The first kappa shape index (κ1) is 59.0. The Balaban J connectivity index is 0.000000405. The van der Waals surface area contributed by atoms with Crippen LogP contribution in [0.1, 0.15) is 167 Å². The molecule has 370 valence electrons. The molecule has 0 aromatic rings. The first-order valence-corrected chi connectivity index (χ1v) is 24.2. The zero-order valence-electron chi connectivity index (χ0n) is 41.6. The van der Waals surface area contributed by atoms with Gasteiger partial charge in [-0.05, 0) is 142 Å². The maximum Gasteiger partial charge on any atom is 0.330 e. The second kappa shape index (κ2) is 26.9. The fourth-order valence-electron chi connectivity index (χ4n) is 11.4. The maximum atomic E-state index is 11.6. The number of amides is 1. The van der Waals surface area contributed by atoms with Crippen LogP contribution in [-0.2, 0) is 33.4 Å². The van der Waals surface area contributed by atoms with Crippen LogP contribution in [0.3, 0.4) is 0 Å². The van der Waals surface area contributed by atoms with E-state index in [1.54, 1.807) is 13.0 Å². The molecule has 13 nitrogen and oxygen atoms in total. The Morgan fingerprint density at radius 2 is 1.12 bits per heavy atom. The van der Waals surface area contributed by atoms with Gasteiger partial charge >= 0.3 is 17.9 Å². The second-order valence-electron chi connectivity index (χ2n) is 21.6. The van der Waals surface area contributed by atoms with Crippen molar-refractivity contribution in [1.82, 2.24) is 5.32 Å². The maximum absolute atomic E-state index is 11.6. The molecule has 0 aromatic heterocycles. The molecular formula is C50H88ClN3O10. The summed E-state index contributed by atoms with van der Waals surface area (Å²) in [7, 11) is 0. The summed E-state index contributed by atoms with van der Waals surface area (Å²) in [5, 5.41) is 22.5. The minimum Gasteiger partial charge on any atom is -0.481 e. The molecule has 10 atom stereocenters. The van der Waals surface area contributed by atoms with Crippen LogP contribution in [0.25, 0.3) is 0 Å². The molecule has 14 heteroatoms. The van der Waals surface area contributed by atoms with Crippen LogP contribution in [0, 0.1) is 85.5 Å². The molecule has 64 heavy (non-hydrogen) atoms. The number of aliphatic carboxylic acids is 1. The van der Waals surface area contributed by atoms with E-state index in [1.807, 2.05) is 6.92 Å². The fraction of sp³-hybridized carbons (Fsp3) is 0.860. The largest absolute Gasteiger partial charge is 0.481 e. The van der Waals surface area contributed by atoms with Crippen molar-refractivity contribution in [3.8, 4) is 0 Å². The van der Waals surface area contributed by atoms with E-state index in [1.165, 1.54) is 18.4 Å². The number of carbonyl (C=O) groups excluding carboxylic acids is 4. The number of halogens is 1. The second-order valence-corrected chi connectivity index (χ2v) is 21.6. The number of Topliss-reactive ketones (excluding diaryl/α,β-unsaturated/α-hetero) is 1. The molecule has 1 aliphatic heterocycles. The number of hydrogen-bond acceptors (Lipinski definition) is 10. The summed E-state index contributed by atoms with van der Waals surface area (Å²) in [4.78, 5) is 65.6. The Kier molecular flexibility index (Phi) is 24.8. The zero-order chi connectivity index (χ0) is 47.9. The number of carboxylic acid groups (broad SMARTS) is 1. The van der Waals surface area contributed by atoms with E-state index in [0.717, 1.165) is 76.2 Å². The summed E-state index contributed by atoms with van der Waals surface area (Å²) in [6.07, 6.45) is 12.5. The smallest absolute Gasteiger partial charge is 0.330 e. The van der Waals surface area contributed by atoms with E-state index >= 15 is 0 Å². The monoisotopic (exact) mass is 926 g/mol. The number of ketones is 1. The van der Waals surface area contributed by atoms with Gasteiger partial charge in [0.25, 0.3) is 0 Å². The predicted octanol–water partition coefficient (Wildman–Crippen LogP) is 9.88. The number of rotatable bonds is 10. The van der Waals surface area contributed by atoms with Crippen LogP contribution in [0.2, 0.25) is 0 Å². The Morgan fingerprint density at radius 3 is 1.47 bits per heavy atom. The van der Waals surface area contributed by atoms with Crippen LogP contribution in [0.5, 0.6) is 0 Å². The van der Waals surface area contributed by atoms with E-state index < -0.39 is 11.4 Å². The van der Waals surface area contributed by atoms with Gasteiger partial charge < -0.3 is 25.6 Å². The van der Waals surface area contributed by atoms with Crippen molar-refractivity contribution in [1.29, 1.82) is 0 Å². The van der Waals surface area contributed by atoms with Gasteiger partial charge in [0.05, 0.1) is 26.1 Å². The molecule has 0 aromatic carbocycles. The van der Waals surface area contributed by atoms with Crippen molar-refractivity contribution in [2.75, 3.05) is 32.8 Å². The lowest BCUT2D eigenvalue weighted by Gasteiger charge is -2.25. The summed E-state index contributed by atoms with van der Waals surface area (Å²) in [6.45, 7) is 27.6. The number of nitro groups is 1. The lowest BCUT2D eigenvalue weighted by molar-refractivity contribution is -0.497. The molecule has 6 fully saturated rings. The number of allylic oxidation sites excluding steroid dienone is 1. The number of carbonyl (C=O) groups is 5. The molecule has 0 bridgehead atoms. The standard InChI is InChI=1S/C12H21NO4.C11H18O2.C10H19NO2.C10H17NO.C7H12O.ClH/c1-4-17-11(14)7-12(8-13(15)16)5-9(2)10(3)6-12;1-4-13-11(12)7-10-5-8(2)9(3)6-10;1-7-3-10(6-11,4-8(7)2)5-9(12)13;1-7-3-10(4-8(7)2)5-9(12)11-6-10;1-5-3-7(8)4-6(5)2;/h9-10H,4-8H2,1-3H3;7-9H,4-6H2,1-3H3;7-8H,3-6,11H2,1-2H3,(H,12,13);7-8H,3-6H2,1-2H3,(H,11,12);5-6H,3-4H2,1-2H3;1H/t9-,10-;8-,9-;2*7-,8-;5-,6-;/m00000./s1. The van der Waals surface area contributed by atoms with Crippen molar-refractivity contribution in [2.45, 2.75) is 167 Å². The lowest BCUT2D eigenvalue weighted by Crippen LogP contribution is -2.31. The number of nitrogens with two attached hydrogens (primary N) is 1. The SMILES string of the molecule is CCOC(=O)C=C1C[C@H](C)[C@@H](C)C1.CCOC(=O)CC1(C[N+](=O)[O-])C[C@H](C)[C@@H](C)C1.C[C@H]1CC(=O)C[C@@H]1C.C[C@H]1CC(CN)(CC(=O)O)C[C@@H]1C.C[C@H]1CC2(CNC(=O)C2)C[C@@H]1C.Cl. The highest BCUT2D eigenvalue weighted by molar-refractivity contribution is 5.85. The van der Waals surface area contributed by atoms with Gasteiger partial charge in [0, 0.05) is 42.2 Å². The molecule has 0 radical (unpaired) electrons. The third-order valence-electron chi connectivity index (χ3n) is 15.7. The van der Waals surface area contributed by atoms with Gasteiger partial charge in [-0.2, -0.15) is 0 Å². The molecular weight excluding hydrogens is 838 g/mol. The van der Waals surface area contributed by atoms with Crippen molar-refractivity contribution >= 4 is 42.0 Å². The summed E-state index contributed by atoms with van der Waals surface area (Å²) < 4.78 is 9.78. The third-order valence-corrected chi connectivity index (χ3v) is 15.7. The van der Waals surface area contributed by atoms with E-state index in [2.05, 4.69) is 74.6 Å². The average molecular weight is 927 g/mol. The van der Waals surface area contributed by atoms with Crippen molar-refractivity contribution < 1.29 is 43.5 Å². The van der Waals surface area contributed by atoms with Crippen LogP contribution >= 0.6 is 12.4 Å². The molecule has 1 heterocycles. The quantitative estimate of drug-likeness (QED) is 0.0814. The number of nitrogens with zero attached hydrogens (tertiary/aromatic N) is 1. The van der Waals surface area contributed by atoms with Gasteiger partial charge in [0.15, 0.2) is 0 Å². The van der Waals surface area contributed by atoms with E-state index in [9.17, 15) is 34.1 Å². The topological polar surface area (TPSA) is 205 Å². The summed E-state index contributed by atoms with van der Waals surface area (Å²) in [5.41, 5.74) is 6.66. The van der Waals surface area contributed by atoms with E-state index in [4.69, 9.17) is 20.3 Å². The Hall–Kier alpha value is -3.06. The lowest BCUT2D eigenvalue weighted by atomic mass is 9.81. The first-order valence-electron chi connectivity index (χ1n) is 24.2. The van der Waals surface area contributed by atoms with Gasteiger partial charge in [-0.3, -0.25) is 29.3 Å². The molecule has 6 rings (SSSR count). The molecule has 6 aliphatic rings. The molecule has 5 aliphatic carbocycles. The number of ether oxygens (including phenoxy) is 2. The van der Waals surface area contributed by atoms with Gasteiger partial charge in [-0.25, -0.2) is 4.79 Å². The fourth-order valence-corrected chi connectivity index (χ4v) is 11.4. The first-order chi connectivity index (χ1) is 29.3. The van der Waals surface area contributed by atoms with Gasteiger partial charge in [-0.15, -0.1) is 12.4 Å². The van der Waals surface area contributed by atoms with Crippen LogP contribution in [0.15, 0.2) is 11.6 Å². The van der Waals surface area contributed by atoms with Gasteiger partial charge in [-0.1, -0.05) is 74.8 Å². The van der Waals surface area contributed by atoms with Crippen molar-refractivity contribution in [3.05, 3.63) is 21.8 Å². The summed E-state index contributed by atoms with van der Waals surface area (Å²) in [6, 6.07) is 0. The normalized spacial score (nSPS) is 31.3. The zero-order valence-corrected chi connectivity index (χ0v) is 42.4. The van der Waals surface area contributed by atoms with Crippen LogP contribution in [-0.4, -0.2) is 72.5 Å². The Bertz CT molecular complexity index is 1520. The highest BCUT2D eigenvalue weighted by atomic mass is 35.5. The predicted molar refractivity (Wildman–Crippen MR) is 254 cm³/mol. The van der Waals surface area contributed by atoms with Gasteiger partial charge in [0.1, 0.15) is 5.78 Å².